The molecule has 1 aromatic rings. The van der Waals surface area contributed by atoms with E-state index in [4.69, 9.17) is 14.2 Å². The summed E-state index contributed by atoms with van der Waals surface area (Å²) < 4.78 is 15.3. The normalized spacial score (nSPS) is 9.95. The molecule has 2 N–H and O–H groups in total. The zero-order valence-electron chi connectivity index (χ0n) is 12.2. The summed E-state index contributed by atoms with van der Waals surface area (Å²) in [6, 6.07) is 5.49. The predicted molar refractivity (Wildman–Crippen MR) is 77.5 cm³/mol. The summed E-state index contributed by atoms with van der Waals surface area (Å²) in [5.74, 6) is 1.40. The van der Waals surface area contributed by atoms with E-state index in [-0.39, 0.29) is 5.91 Å². The molecule has 6 heteroatoms. The minimum atomic E-state index is -0.0120. The lowest BCUT2D eigenvalue weighted by Gasteiger charge is -2.12. The number of methoxy groups -OCH3 is 3. The topological polar surface area (TPSA) is 68.8 Å². The Kier molecular flexibility index (Phi) is 7.27. The number of ether oxygens (including phenoxy) is 3. The van der Waals surface area contributed by atoms with Gasteiger partial charge in [0.15, 0.2) is 0 Å². The maximum Gasteiger partial charge on any atom is 0.221 e. The van der Waals surface area contributed by atoms with Crippen LogP contribution in [-0.2, 0) is 9.53 Å². The van der Waals surface area contributed by atoms with Crippen LogP contribution in [0.25, 0.3) is 0 Å². The van der Waals surface area contributed by atoms with Gasteiger partial charge in [0.1, 0.15) is 11.5 Å². The third-order valence-corrected chi connectivity index (χ3v) is 2.70. The SMILES string of the molecule is COCCNC(=O)CCNc1ccc(OC)cc1OC. The number of rotatable bonds is 9. The third-order valence-electron chi connectivity index (χ3n) is 2.70. The van der Waals surface area contributed by atoms with E-state index >= 15 is 0 Å². The van der Waals surface area contributed by atoms with Crippen LogP contribution in [0.15, 0.2) is 18.2 Å². The van der Waals surface area contributed by atoms with Gasteiger partial charge in [0, 0.05) is 32.7 Å². The van der Waals surface area contributed by atoms with Crippen molar-refractivity contribution in [1.29, 1.82) is 0 Å². The van der Waals surface area contributed by atoms with Crippen LogP contribution >= 0.6 is 0 Å². The van der Waals surface area contributed by atoms with Gasteiger partial charge in [0.2, 0.25) is 5.91 Å². The highest BCUT2D eigenvalue weighted by molar-refractivity contribution is 5.76. The Morgan fingerprint density at radius 3 is 2.60 bits per heavy atom. The molecule has 20 heavy (non-hydrogen) atoms. The molecule has 0 bridgehead atoms. The van der Waals surface area contributed by atoms with Gasteiger partial charge < -0.3 is 24.8 Å². The summed E-state index contributed by atoms with van der Waals surface area (Å²) in [6.45, 7) is 1.58. The van der Waals surface area contributed by atoms with Crippen LogP contribution in [0.5, 0.6) is 11.5 Å². The van der Waals surface area contributed by atoms with E-state index in [2.05, 4.69) is 10.6 Å². The van der Waals surface area contributed by atoms with Crippen LogP contribution in [0.1, 0.15) is 6.42 Å². The van der Waals surface area contributed by atoms with E-state index < -0.39 is 0 Å². The minimum Gasteiger partial charge on any atom is -0.497 e. The zero-order valence-corrected chi connectivity index (χ0v) is 12.2. The monoisotopic (exact) mass is 282 g/mol. The average Bonchev–Trinajstić information content (AvgIpc) is 2.47. The maximum absolute atomic E-state index is 11.5. The van der Waals surface area contributed by atoms with Crippen molar-refractivity contribution >= 4 is 11.6 Å². The predicted octanol–water partition coefficient (Wildman–Crippen LogP) is 1.27. The minimum absolute atomic E-state index is 0.0120. The second-order valence-corrected chi connectivity index (χ2v) is 4.09. The van der Waals surface area contributed by atoms with Gasteiger partial charge in [0.05, 0.1) is 26.5 Å². The van der Waals surface area contributed by atoms with Crippen molar-refractivity contribution in [3.8, 4) is 11.5 Å². The fourth-order valence-corrected chi connectivity index (χ4v) is 1.64. The highest BCUT2D eigenvalue weighted by atomic mass is 16.5. The summed E-state index contributed by atoms with van der Waals surface area (Å²) in [5, 5.41) is 5.93. The molecule has 0 spiro atoms. The van der Waals surface area contributed by atoms with E-state index in [1.165, 1.54) is 0 Å². The Balaban J connectivity index is 2.39. The van der Waals surface area contributed by atoms with E-state index in [9.17, 15) is 4.79 Å². The van der Waals surface area contributed by atoms with Crippen molar-refractivity contribution in [3.63, 3.8) is 0 Å². The van der Waals surface area contributed by atoms with Crippen molar-refractivity contribution < 1.29 is 19.0 Å². The molecule has 6 nitrogen and oxygen atoms in total. The molecule has 0 aliphatic heterocycles. The standard InChI is InChI=1S/C14H22N2O4/c1-18-9-8-16-14(17)6-7-15-12-5-4-11(19-2)10-13(12)20-3/h4-5,10,15H,6-9H2,1-3H3,(H,16,17). The first-order valence-electron chi connectivity index (χ1n) is 6.42. The summed E-state index contributed by atoms with van der Waals surface area (Å²) in [6.07, 6.45) is 0.388. The van der Waals surface area contributed by atoms with Crippen LogP contribution in [0, 0.1) is 0 Å². The molecular weight excluding hydrogens is 260 g/mol. The van der Waals surface area contributed by atoms with Crippen molar-refractivity contribution in [3.05, 3.63) is 18.2 Å². The molecule has 1 aromatic carbocycles. The molecule has 0 radical (unpaired) electrons. The Hall–Kier alpha value is -1.95. The van der Waals surface area contributed by atoms with Gasteiger partial charge in [-0.25, -0.2) is 0 Å². The van der Waals surface area contributed by atoms with Gasteiger partial charge in [-0.3, -0.25) is 4.79 Å². The number of hydrogen-bond donors (Lipinski definition) is 2. The Bertz CT molecular complexity index is 424. The van der Waals surface area contributed by atoms with Crippen molar-refractivity contribution in [2.75, 3.05) is 46.3 Å². The molecule has 0 unspecified atom stereocenters. The quantitative estimate of drug-likeness (QED) is 0.668. The second kappa shape index (κ2) is 9.03. The van der Waals surface area contributed by atoms with Crippen molar-refractivity contribution in [2.45, 2.75) is 6.42 Å². The molecule has 0 fully saturated rings. The number of anilines is 1. The van der Waals surface area contributed by atoms with Crippen LogP contribution in [0.2, 0.25) is 0 Å². The summed E-state index contributed by atoms with van der Waals surface area (Å²) in [5.41, 5.74) is 0.831. The van der Waals surface area contributed by atoms with Crippen molar-refractivity contribution in [1.82, 2.24) is 5.32 Å². The summed E-state index contributed by atoms with van der Waals surface area (Å²) >= 11 is 0. The van der Waals surface area contributed by atoms with Crippen LogP contribution < -0.4 is 20.1 Å². The lowest BCUT2D eigenvalue weighted by molar-refractivity contribution is -0.121. The van der Waals surface area contributed by atoms with E-state index in [0.29, 0.717) is 31.9 Å². The molecule has 0 atom stereocenters. The summed E-state index contributed by atoms with van der Waals surface area (Å²) in [4.78, 5) is 11.5. The number of benzene rings is 1. The van der Waals surface area contributed by atoms with Gasteiger partial charge in [-0.15, -0.1) is 0 Å². The number of carbonyl (C=O) groups is 1. The van der Waals surface area contributed by atoms with Gasteiger partial charge in [-0.1, -0.05) is 0 Å². The second-order valence-electron chi connectivity index (χ2n) is 4.09. The lowest BCUT2D eigenvalue weighted by Crippen LogP contribution is -2.28. The number of nitrogens with one attached hydrogen (secondary N) is 2. The summed E-state index contributed by atoms with van der Waals surface area (Å²) in [7, 11) is 4.80. The van der Waals surface area contributed by atoms with Crippen molar-refractivity contribution in [2.24, 2.45) is 0 Å². The molecule has 0 heterocycles. The Morgan fingerprint density at radius 1 is 1.15 bits per heavy atom. The maximum atomic E-state index is 11.5. The highest BCUT2D eigenvalue weighted by Crippen LogP contribution is 2.28. The fourth-order valence-electron chi connectivity index (χ4n) is 1.64. The first kappa shape index (κ1) is 16.1. The van der Waals surface area contributed by atoms with Crippen LogP contribution in [0.4, 0.5) is 5.69 Å². The molecule has 0 saturated carbocycles. The number of amides is 1. The molecule has 0 aliphatic carbocycles. The molecule has 0 saturated heterocycles. The fraction of sp³-hybridized carbons (Fsp3) is 0.500. The molecule has 1 amide bonds. The highest BCUT2D eigenvalue weighted by Gasteiger charge is 2.05. The van der Waals surface area contributed by atoms with Gasteiger partial charge in [-0.05, 0) is 12.1 Å². The van der Waals surface area contributed by atoms with E-state index in [1.807, 2.05) is 12.1 Å². The molecule has 112 valence electrons. The number of hydrogen-bond acceptors (Lipinski definition) is 5. The molecule has 0 aliphatic rings. The smallest absolute Gasteiger partial charge is 0.221 e. The average molecular weight is 282 g/mol. The number of carbonyl (C=O) groups excluding carboxylic acids is 1. The lowest BCUT2D eigenvalue weighted by atomic mass is 10.2. The third kappa shape index (κ3) is 5.36. The zero-order chi connectivity index (χ0) is 14.8. The Labute approximate surface area is 119 Å². The van der Waals surface area contributed by atoms with Crippen LogP contribution in [0.3, 0.4) is 0 Å². The van der Waals surface area contributed by atoms with Gasteiger partial charge in [-0.2, -0.15) is 0 Å². The molecular formula is C14H22N2O4. The van der Waals surface area contributed by atoms with Gasteiger partial charge in [0.25, 0.3) is 0 Å². The first-order chi connectivity index (χ1) is 9.71. The largest absolute Gasteiger partial charge is 0.497 e. The molecule has 0 aromatic heterocycles. The van der Waals surface area contributed by atoms with E-state index in [0.717, 1.165) is 11.4 Å². The molecule has 1 rings (SSSR count). The first-order valence-corrected chi connectivity index (χ1v) is 6.42. The van der Waals surface area contributed by atoms with Gasteiger partial charge >= 0.3 is 0 Å². The van der Waals surface area contributed by atoms with E-state index in [1.54, 1.807) is 27.4 Å². The van der Waals surface area contributed by atoms with Crippen LogP contribution in [-0.4, -0.2) is 46.9 Å². The Morgan fingerprint density at radius 2 is 1.95 bits per heavy atom.